The average molecular weight is 269 g/mol. The van der Waals surface area contributed by atoms with Gasteiger partial charge in [0.1, 0.15) is 0 Å². The van der Waals surface area contributed by atoms with Crippen molar-refractivity contribution in [2.24, 2.45) is 0 Å². The molecule has 0 heterocycles. The monoisotopic (exact) mass is 268 g/mol. The Labute approximate surface area is 97.7 Å². The molecule has 0 aliphatic carbocycles. The maximum atomic E-state index is 11.0. The number of benzene rings is 1. The number of carbonyl (C=O) groups is 1. The van der Waals surface area contributed by atoms with Gasteiger partial charge in [0.2, 0.25) is 0 Å². The van der Waals surface area contributed by atoms with Crippen molar-refractivity contribution in [3.05, 3.63) is 47.1 Å². The lowest BCUT2D eigenvalue weighted by atomic mass is 10.1. The Kier molecular flexibility index (Phi) is 4.90. The maximum Gasteiger partial charge on any atom is 0.318 e. The largest absolute Gasteiger partial charge is 0.338 e. The molecule has 3 nitrogen and oxygen atoms in total. The van der Waals surface area contributed by atoms with Gasteiger partial charge in [-0.25, -0.2) is 4.79 Å². The van der Waals surface area contributed by atoms with Gasteiger partial charge in [0.15, 0.2) is 0 Å². The average Bonchev–Trinajstić information content (AvgIpc) is 2.21. The lowest BCUT2D eigenvalue weighted by Gasteiger charge is -2.05. The van der Waals surface area contributed by atoms with Gasteiger partial charge in [0, 0.05) is 11.0 Å². The summed E-state index contributed by atoms with van der Waals surface area (Å²) in [7, 11) is 0. The molecule has 0 aliphatic heterocycles. The van der Waals surface area contributed by atoms with Crippen molar-refractivity contribution in [3.8, 4) is 0 Å². The fourth-order valence-corrected chi connectivity index (χ4v) is 1.64. The summed E-state index contributed by atoms with van der Waals surface area (Å²) < 4.78 is 1.07. The molecular weight excluding hydrogens is 256 g/mol. The zero-order valence-corrected chi connectivity index (χ0v) is 9.88. The van der Waals surface area contributed by atoms with Crippen molar-refractivity contribution in [1.82, 2.24) is 10.6 Å². The van der Waals surface area contributed by atoms with E-state index in [0.29, 0.717) is 6.54 Å². The van der Waals surface area contributed by atoms with Gasteiger partial charge >= 0.3 is 6.03 Å². The van der Waals surface area contributed by atoms with Crippen LogP contribution in [0.15, 0.2) is 41.5 Å². The quantitative estimate of drug-likeness (QED) is 0.866. The molecule has 0 unspecified atom stereocenters. The van der Waals surface area contributed by atoms with Crippen molar-refractivity contribution in [2.75, 3.05) is 6.54 Å². The van der Waals surface area contributed by atoms with Crippen LogP contribution in [0.3, 0.4) is 0 Å². The molecule has 2 N–H and O–H groups in total. The third kappa shape index (κ3) is 4.16. The lowest BCUT2D eigenvalue weighted by molar-refractivity contribution is 0.244. The predicted octanol–water partition coefficient (Wildman–Crippen LogP) is 2.43. The van der Waals surface area contributed by atoms with Gasteiger partial charge < -0.3 is 10.6 Å². The second kappa shape index (κ2) is 6.24. The molecule has 0 bridgehead atoms. The number of rotatable bonds is 4. The zero-order chi connectivity index (χ0) is 11.1. The Balaban J connectivity index is 2.35. The van der Waals surface area contributed by atoms with Crippen molar-refractivity contribution in [3.63, 3.8) is 0 Å². The summed E-state index contributed by atoms with van der Waals surface area (Å²) in [4.78, 5) is 11.0. The van der Waals surface area contributed by atoms with Crippen LogP contribution in [0.2, 0.25) is 0 Å². The first-order valence-electron chi connectivity index (χ1n) is 4.62. The van der Waals surface area contributed by atoms with Crippen molar-refractivity contribution in [1.29, 1.82) is 0 Å². The minimum Gasteiger partial charge on any atom is -0.338 e. The second-order valence-corrected chi connectivity index (χ2v) is 3.80. The molecule has 0 fully saturated rings. The molecule has 2 amide bonds. The van der Waals surface area contributed by atoms with Gasteiger partial charge in [-0.1, -0.05) is 40.7 Å². The fraction of sp³-hybridized carbons (Fsp3) is 0.182. The van der Waals surface area contributed by atoms with Crippen LogP contribution >= 0.6 is 15.9 Å². The van der Waals surface area contributed by atoms with E-state index in [1.165, 1.54) is 11.8 Å². The highest BCUT2D eigenvalue weighted by Gasteiger charge is 1.99. The highest BCUT2D eigenvalue weighted by atomic mass is 79.9. The topological polar surface area (TPSA) is 41.1 Å². The van der Waals surface area contributed by atoms with E-state index in [1.54, 1.807) is 0 Å². The molecule has 0 spiro atoms. The molecule has 1 rings (SSSR count). The maximum absolute atomic E-state index is 11.0. The van der Waals surface area contributed by atoms with E-state index < -0.39 is 0 Å². The van der Waals surface area contributed by atoms with Gasteiger partial charge in [-0.3, -0.25) is 0 Å². The van der Waals surface area contributed by atoms with Crippen LogP contribution in [0.4, 0.5) is 4.79 Å². The Morgan fingerprint density at radius 2 is 2.20 bits per heavy atom. The first-order chi connectivity index (χ1) is 7.24. The molecular formula is C11H13BrN2O. The first kappa shape index (κ1) is 11.8. The third-order valence-corrected chi connectivity index (χ3v) is 2.64. The molecule has 4 heteroatoms. The van der Waals surface area contributed by atoms with E-state index in [9.17, 15) is 4.79 Å². The molecule has 1 aromatic carbocycles. The van der Waals surface area contributed by atoms with E-state index in [2.05, 4.69) is 33.1 Å². The Morgan fingerprint density at radius 1 is 1.47 bits per heavy atom. The fourth-order valence-electron chi connectivity index (χ4n) is 1.16. The molecule has 1 aromatic rings. The van der Waals surface area contributed by atoms with Gasteiger partial charge in [0.25, 0.3) is 0 Å². The number of hydrogen-bond donors (Lipinski definition) is 2. The molecule has 0 radical (unpaired) electrons. The number of halogens is 1. The zero-order valence-electron chi connectivity index (χ0n) is 8.29. The van der Waals surface area contributed by atoms with E-state index in [4.69, 9.17) is 0 Å². The van der Waals surface area contributed by atoms with Crippen LogP contribution in [0, 0.1) is 0 Å². The van der Waals surface area contributed by atoms with E-state index >= 15 is 0 Å². The first-order valence-corrected chi connectivity index (χ1v) is 5.42. The SMILES string of the molecule is C=CNC(=O)NCCc1ccccc1Br. The van der Waals surface area contributed by atoms with Crippen LogP contribution in [0.25, 0.3) is 0 Å². The molecule has 15 heavy (non-hydrogen) atoms. The number of urea groups is 1. The third-order valence-electron chi connectivity index (χ3n) is 1.87. The molecule has 0 aliphatic rings. The Morgan fingerprint density at radius 3 is 2.87 bits per heavy atom. The minimum absolute atomic E-state index is 0.225. The van der Waals surface area contributed by atoms with Crippen molar-refractivity contribution < 1.29 is 4.79 Å². The number of amides is 2. The van der Waals surface area contributed by atoms with Gasteiger partial charge in [-0.15, -0.1) is 0 Å². The number of carbonyl (C=O) groups excluding carboxylic acids is 1. The molecule has 0 saturated carbocycles. The molecule has 0 saturated heterocycles. The summed E-state index contributed by atoms with van der Waals surface area (Å²) >= 11 is 3.45. The highest BCUT2D eigenvalue weighted by Crippen LogP contribution is 2.15. The van der Waals surface area contributed by atoms with E-state index in [0.717, 1.165) is 10.9 Å². The van der Waals surface area contributed by atoms with Gasteiger partial charge in [0.05, 0.1) is 0 Å². The summed E-state index contributed by atoms with van der Waals surface area (Å²) in [6.45, 7) is 4.00. The van der Waals surface area contributed by atoms with Crippen molar-refractivity contribution >= 4 is 22.0 Å². The molecule has 0 aromatic heterocycles. The van der Waals surface area contributed by atoms with Crippen LogP contribution in [-0.4, -0.2) is 12.6 Å². The minimum atomic E-state index is -0.225. The van der Waals surface area contributed by atoms with E-state index in [-0.39, 0.29) is 6.03 Å². The standard InChI is InChI=1S/C11H13BrN2O/c1-2-13-11(15)14-8-7-9-5-3-4-6-10(9)12/h2-6H,1,7-8H2,(H2,13,14,15). The Bertz CT molecular complexity index is 352. The summed E-state index contributed by atoms with van der Waals surface area (Å²) in [5.41, 5.74) is 1.18. The van der Waals surface area contributed by atoms with Crippen LogP contribution in [0.5, 0.6) is 0 Å². The molecule has 80 valence electrons. The van der Waals surface area contributed by atoms with Crippen LogP contribution < -0.4 is 10.6 Å². The van der Waals surface area contributed by atoms with E-state index in [1.807, 2.05) is 24.3 Å². The highest BCUT2D eigenvalue weighted by molar-refractivity contribution is 9.10. The lowest BCUT2D eigenvalue weighted by Crippen LogP contribution is -2.33. The number of hydrogen-bond acceptors (Lipinski definition) is 1. The predicted molar refractivity (Wildman–Crippen MR) is 64.6 cm³/mol. The normalized spacial score (nSPS) is 9.40. The summed E-state index contributed by atoms with van der Waals surface area (Å²) in [5, 5.41) is 5.17. The van der Waals surface area contributed by atoms with Crippen molar-refractivity contribution in [2.45, 2.75) is 6.42 Å². The number of nitrogens with one attached hydrogen (secondary N) is 2. The van der Waals surface area contributed by atoms with Gasteiger partial charge in [-0.05, 0) is 24.3 Å². The molecule has 0 atom stereocenters. The Hall–Kier alpha value is -1.29. The smallest absolute Gasteiger partial charge is 0.318 e. The van der Waals surface area contributed by atoms with Gasteiger partial charge in [-0.2, -0.15) is 0 Å². The van der Waals surface area contributed by atoms with Crippen LogP contribution in [0.1, 0.15) is 5.56 Å². The summed E-state index contributed by atoms with van der Waals surface area (Å²) in [6, 6.07) is 7.73. The summed E-state index contributed by atoms with van der Waals surface area (Å²) in [6.07, 6.45) is 2.15. The van der Waals surface area contributed by atoms with Crippen LogP contribution in [-0.2, 0) is 6.42 Å². The second-order valence-electron chi connectivity index (χ2n) is 2.95. The summed E-state index contributed by atoms with van der Waals surface area (Å²) in [5.74, 6) is 0.